The minimum atomic E-state index is -3.13. The van der Waals surface area contributed by atoms with E-state index in [1.165, 1.54) is 10.9 Å². The molecule has 2 aromatic rings. The van der Waals surface area contributed by atoms with Gasteiger partial charge in [-0.15, -0.1) is 5.10 Å². The first-order chi connectivity index (χ1) is 9.28. The summed E-state index contributed by atoms with van der Waals surface area (Å²) in [5.74, 6) is 0.360. The summed E-state index contributed by atoms with van der Waals surface area (Å²) in [4.78, 5) is 0. The highest BCUT2D eigenvalue weighted by atomic mass is 32.2. The Hall–Kier alpha value is -2.16. The summed E-state index contributed by atoms with van der Waals surface area (Å²) < 4.78 is 24.2. The Morgan fingerprint density at radius 2 is 2.05 bits per heavy atom. The van der Waals surface area contributed by atoms with Gasteiger partial charge in [0.25, 0.3) is 0 Å². The highest BCUT2D eigenvalue weighted by Gasteiger charge is 2.19. The van der Waals surface area contributed by atoms with Crippen LogP contribution in [-0.4, -0.2) is 40.6 Å². The SMILES string of the molecule is CC(CS(C)(=O)=O)n1nnnc1-c1ccc(N)cc1N. The van der Waals surface area contributed by atoms with Crippen LogP contribution in [0, 0.1) is 0 Å². The maximum atomic E-state index is 11.4. The molecule has 0 aliphatic heterocycles. The molecule has 1 unspecified atom stereocenters. The lowest BCUT2D eigenvalue weighted by Gasteiger charge is -2.13. The van der Waals surface area contributed by atoms with Gasteiger partial charge in [-0.2, -0.15) is 0 Å². The largest absolute Gasteiger partial charge is 0.399 e. The lowest BCUT2D eigenvalue weighted by Crippen LogP contribution is -2.18. The monoisotopic (exact) mass is 296 g/mol. The van der Waals surface area contributed by atoms with Crippen LogP contribution in [0.25, 0.3) is 11.4 Å². The Morgan fingerprint density at radius 3 is 2.65 bits per heavy atom. The third-order valence-electron chi connectivity index (χ3n) is 2.77. The first-order valence-corrected chi connectivity index (χ1v) is 7.95. The Labute approximate surface area is 116 Å². The molecular formula is C11H16N6O2S. The number of tetrazole rings is 1. The number of sulfone groups is 1. The summed E-state index contributed by atoms with van der Waals surface area (Å²) in [6.07, 6.45) is 1.17. The highest BCUT2D eigenvalue weighted by Crippen LogP contribution is 2.27. The third-order valence-corrected chi connectivity index (χ3v) is 3.86. The van der Waals surface area contributed by atoms with E-state index >= 15 is 0 Å². The lowest BCUT2D eigenvalue weighted by molar-refractivity contribution is 0.509. The number of aromatic nitrogens is 4. The van der Waals surface area contributed by atoms with Crippen molar-refractivity contribution in [1.82, 2.24) is 20.2 Å². The number of nitrogens with zero attached hydrogens (tertiary/aromatic N) is 4. The molecule has 20 heavy (non-hydrogen) atoms. The van der Waals surface area contributed by atoms with Gasteiger partial charge in [-0.1, -0.05) is 0 Å². The summed E-state index contributed by atoms with van der Waals surface area (Å²) in [6, 6.07) is 4.61. The average molecular weight is 296 g/mol. The number of rotatable bonds is 4. The number of hydrogen-bond donors (Lipinski definition) is 2. The van der Waals surface area contributed by atoms with Gasteiger partial charge in [0.1, 0.15) is 9.84 Å². The van der Waals surface area contributed by atoms with Crippen LogP contribution in [0.2, 0.25) is 0 Å². The van der Waals surface area contributed by atoms with Crippen molar-refractivity contribution in [2.24, 2.45) is 0 Å². The predicted octanol–water partition coefficient (Wildman–Crippen LogP) is 0.110. The van der Waals surface area contributed by atoms with Gasteiger partial charge in [-0.05, 0) is 35.5 Å². The molecule has 0 bridgehead atoms. The molecule has 0 amide bonds. The molecule has 1 aromatic carbocycles. The van der Waals surface area contributed by atoms with Gasteiger partial charge in [0.2, 0.25) is 0 Å². The van der Waals surface area contributed by atoms with Crippen molar-refractivity contribution in [3.8, 4) is 11.4 Å². The summed E-state index contributed by atoms with van der Waals surface area (Å²) >= 11 is 0. The van der Waals surface area contributed by atoms with E-state index in [1.54, 1.807) is 25.1 Å². The van der Waals surface area contributed by atoms with Crippen LogP contribution in [0.15, 0.2) is 18.2 Å². The molecule has 0 spiro atoms. The minimum absolute atomic E-state index is 0.0556. The Bertz CT molecular complexity index is 724. The molecular weight excluding hydrogens is 280 g/mol. The van der Waals surface area contributed by atoms with E-state index in [4.69, 9.17) is 11.5 Å². The van der Waals surface area contributed by atoms with Crippen LogP contribution in [0.5, 0.6) is 0 Å². The van der Waals surface area contributed by atoms with Crippen LogP contribution in [0.3, 0.4) is 0 Å². The van der Waals surface area contributed by atoms with Gasteiger partial charge in [0.05, 0.1) is 11.8 Å². The Morgan fingerprint density at radius 1 is 1.35 bits per heavy atom. The van der Waals surface area contributed by atoms with Crippen molar-refractivity contribution in [2.45, 2.75) is 13.0 Å². The van der Waals surface area contributed by atoms with Gasteiger partial charge in [0.15, 0.2) is 5.82 Å². The molecule has 0 aliphatic rings. The van der Waals surface area contributed by atoms with Gasteiger partial charge >= 0.3 is 0 Å². The summed E-state index contributed by atoms with van der Waals surface area (Å²) in [7, 11) is -3.13. The molecule has 1 heterocycles. The molecule has 0 radical (unpaired) electrons. The molecule has 1 atom stereocenters. The molecule has 0 saturated carbocycles. The molecule has 108 valence electrons. The molecule has 0 saturated heterocycles. The van der Waals surface area contributed by atoms with E-state index in [0.717, 1.165) is 0 Å². The second-order valence-electron chi connectivity index (χ2n) is 4.74. The Kier molecular flexibility index (Phi) is 3.62. The molecule has 8 nitrogen and oxygen atoms in total. The topological polar surface area (TPSA) is 130 Å². The van der Waals surface area contributed by atoms with Crippen molar-refractivity contribution in [3.63, 3.8) is 0 Å². The van der Waals surface area contributed by atoms with E-state index in [0.29, 0.717) is 22.8 Å². The molecule has 9 heteroatoms. The van der Waals surface area contributed by atoms with E-state index < -0.39 is 15.9 Å². The maximum absolute atomic E-state index is 11.4. The zero-order valence-electron chi connectivity index (χ0n) is 11.2. The third kappa shape index (κ3) is 3.05. The van der Waals surface area contributed by atoms with Crippen molar-refractivity contribution in [3.05, 3.63) is 18.2 Å². The maximum Gasteiger partial charge on any atom is 0.184 e. The fraction of sp³-hybridized carbons (Fsp3) is 0.364. The van der Waals surface area contributed by atoms with Crippen LogP contribution in [0.1, 0.15) is 13.0 Å². The molecule has 0 aliphatic carbocycles. The number of benzene rings is 1. The van der Waals surface area contributed by atoms with Crippen molar-refractivity contribution in [2.75, 3.05) is 23.5 Å². The molecule has 1 aromatic heterocycles. The average Bonchev–Trinajstić information content (AvgIpc) is 2.75. The number of hydrogen-bond acceptors (Lipinski definition) is 7. The van der Waals surface area contributed by atoms with Crippen molar-refractivity contribution in [1.29, 1.82) is 0 Å². The van der Waals surface area contributed by atoms with Gasteiger partial charge in [-0.3, -0.25) is 0 Å². The molecule has 2 rings (SSSR count). The molecule has 4 N–H and O–H groups in total. The fourth-order valence-electron chi connectivity index (χ4n) is 1.96. The zero-order valence-corrected chi connectivity index (χ0v) is 12.0. The summed E-state index contributed by atoms with van der Waals surface area (Å²) in [5.41, 5.74) is 13.1. The normalized spacial score (nSPS) is 13.3. The van der Waals surface area contributed by atoms with Gasteiger partial charge in [-0.25, -0.2) is 13.1 Å². The fourth-order valence-corrected chi connectivity index (χ4v) is 2.98. The Balaban J connectivity index is 2.42. The van der Waals surface area contributed by atoms with Crippen molar-refractivity contribution >= 4 is 21.2 Å². The van der Waals surface area contributed by atoms with Gasteiger partial charge in [0, 0.05) is 23.2 Å². The first kappa shape index (κ1) is 14.3. The second kappa shape index (κ2) is 5.08. The number of nitrogens with two attached hydrogens (primary N) is 2. The lowest BCUT2D eigenvalue weighted by atomic mass is 10.1. The smallest absolute Gasteiger partial charge is 0.184 e. The number of anilines is 2. The van der Waals surface area contributed by atoms with E-state index in [2.05, 4.69) is 15.5 Å². The van der Waals surface area contributed by atoms with Crippen molar-refractivity contribution < 1.29 is 8.42 Å². The summed E-state index contributed by atoms with van der Waals surface area (Å²) in [5, 5.41) is 11.4. The zero-order chi connectivity index (χ0) is 14.9. The summed E-state index contributed by atoms with van der Waals surface area (Å²) in [6.45, 7) is 1.73. The van der Waals surface area contributed by atoms with E-state index in [-0.39, 0.29) is 5.75 Å². The standard InChI is InChI=1S/C11H16N6O2S/c1-7(6-20(2,18)19)17-11(14-15-16-17)9-4-3-8(12)5-10(9)13/h3-5,7H,6,12-13H2,1-2H3. The van der Waals surface area contributed by atoms with E-state index in [1.807, 2.05) is 0 Å². The highest BCUT2D eigenvalue weighted by molar-refractivity contribution is 7.90. The second-order valence-corrected chi connectivity index (χ2v) is 6.92. The quantitative estimate of drug-likeness (QED) is 0.766. The predicted molar refractivity (Wildman–Crippen MR) is 76.5 cm³/mol. The molecule has 0 fully saturated rings. The van der Waals surface area contributed by atoms with Crippen LogP contribution >= 0.6 is 0 Å². The van der Waals surface area contributed by atoms with Crippen LogP contribution in [0.4, 0.5) is 11.4 Å². The van der Waals surface area contributed by atoms with Crippen LogP contribution < -0.4 is 11.5 Å². The van der Waals surface area contributed by atoms with E-state index in [9.17, 15) is 8.42 Å². The minimum Gasteiger partial charge on any atom is -0.399 e. The number of nitrogen functional groups attached to an aromatic ring is 2. The van der Waals surface area contributed by atoms with Gasteiger partial charge < -0.3 is 11.5 Å². The first-order valence-electron chi connectivity index (χ1n) is 5.89. The van der Waals surface area contributed by atoms with Crippen LogP contribution in [-0.2, 0) is 9.84 Å².